The zero-order valence-electron chi connectivity index (χ0n) is 15.2. The smallest absolute Gasteiger partial charge is 0.325 e. The highest BCUT2D eigenvalue weighted by Gasteiger charge is 2.51. The fourth-order valence-electron chi connectivity index (χ4n) is 2.91. The largest absolute Gasteiger partial charge is 0.497 e. The van der Waals surface area contributed by atoms with Gasteiger partial charge in [-0.25, -0.2) is 4.79 Å². The fourth-order valence-corrected chi connectivity index (χ4v) is 2.91. The molecular formula is C19H21N3O5. The van der Waals surface area contributed by atoms with Crippen LogP contribution in [-0.2, 0) is 21.5 Å². The lowest BCUT2D eigenvalue weighted by molar-refractivity contribution is -0.135. The number of methoxy groups -OCH3 is 1. The first-order chi connectivity index (χ1) is 12.9. The summed E-state index contributed by atoms with van der Waals surface area (Å²) in [4.78, 5) is 37.8. The topological polar surface area (TPSA) is 101 Å². The van der Waals surface area contributed by atoms with Gasteiger partial charge in [-0.1, -0.05) is 12.1 Å². The second kappa shape index (κ2) is 7.53. The summed E-state index contributed by atoms with van der Waals surface area (Å²) >= 11 is 0. The summed E-state index contributed by atoms with van der Waals surface area (Å²) in [5, 5.41) is 5.30. The van der Waals surface area contributed by atoms with Crippen molar-refractivity contribution in [2.24, 2.45) is 0 Å². The van der Waals surface area contributed by atoms with E-state index in [2.05, 4.69) is 10.6 Å². The van der Waals surface area contributed by atoms with Gasteiger partial charge in [-0.05, 0) is 43.2 Å². The van der Waals surface area contributed by atoms with Crippen LogP contribution in [0.15, 0.2) is 47.1 Å². The number of hydrogen-bond donors (Lipinski definition) is 2. The number of carbonyl (C=O) groups is 3. The van der Waals surface area contributed by atoms with Crippen LogP contribution in [0.25, 0.3) is 0 Å². The molecule has 0 radical (unpaired) electrons. The molecule has 1 fully saturated rings. The van der Waals surface area contributed by atoms with E-state index in [1.807, 2.05) is 24.3 Å². The quantitative estimate of drug-likeness (QED) is 0.717. The number of carbonyl (C=O) groups excluding carboxylic acids is 3. The van der Waals surface area contributed by atoms with E-state index in [9.17, 15) is 14.4 Å². The van der Waals surface area contributed by atoms with E-state index in [0.29, 0.717) is 18.7 Å². The molecule has 0 saturated carbocycles. The van der Waals surface area contributed by atoms with Gasteiger partial charge >= 0.3 is 6.03 Å². The predicted molar refractivity (Wildman–Crippen MR) is 96.0 cm³/mol. The second-order valence-corrected chi connectivity index (χ2v) is 6.37. The highest BCUT2D eigenvalue weighted by molar-refractivity contribution is 6.08. The molecule has 0 aliphatic carbocycles. The van der Waals surface area contributed by atoms with E-state index < -0.39 is 23.4 Å². The minimum absolute atomic E-state index is 0.322. The van der Waals surface area contributed by atoms with Crippen LogP contribution in [0.1, 0.15) is 18.2 Å². The van der Waals surface area contributed by atoms with E-state index in [1.165, 1.54) is 6.26 Å². The van der Waals surface area contributed by atoms with Crippen molar-refractivity contribution in [3.05, 3.63) is 54.0 Å². The second-order valence-electron chi connectivity index (χ2n) is 6.37. The van der Waals surface area contributed by atoms with Crippen LogP contribution in [0.2, 0.25) is 0 Å². The summed E-state index contributed by atoms with van der Waals surface area (Å²) in [5.74, 6) is 0.160. The first kappa shape index (κ1) is 18.5. The van der Waals surface area contributed by atoms with Gasteiger partial charge in [0.25, 0.3) is 5.91 Å². The van der Waals surface area contributed by atoms with E-state index in [-0.39, 0.29) is 6.54 Å². The third-order valence-corrected chi connectivity index (χ3v) is 4.49. The van der Waals surface area contributed by atoms with Crippen LogP contribution in [0.3, 0.4) is 0 Å². The molecule has 142 valence electrons. The summed E-state index contributed by atoms with van der Waals surface area (Å²) < 4.78 is 10.3. The lowest BCUT2D eigenvalue weighted by Crippen LogP contribution is -2.43. The van der Waals surface area contributed by atoms with Crippen LogP contribution < -0.4 is 15.4 Å². The van der Waals surface area contributed by atoms with Gasteiger partial charge in [0.05, 0.1) is 13.4 Å². The molecule has 1 saturated heterocycles. The Bertz CT molecular complexity index is 832. The maximum Gasteiger partial charge on any atom is 0.325 e. The number of imide groups is 1. The van der Waals surface area contributed by atoms with Gasteiger partial charge in [0.1, 0.15) is 18.1 Å². The maximum atomic E-state index is 12.6. The number of rotatable bonds is 7. The molecular weight excluding hydrogens is 350 g/mol. The van der Waals surface area contributed by atoms with Gasteiger partial charge in [-0.15, -0.1) is 0 Å². The van der Waals surface area contributed by atoms with Crippen molar-refractivity contribution < 1.29 is 23.5 Å². The molecule has 3 rings (SSSR count). The standard InChI is InChI=1S/C19H21N3O5/c1-19(15-4-3-11-27-15)17(24)22(18(25)21-19)12-16(23)20-10-9-13-5-7-14(26-2)8-6-13/h3-8,11H,9-10,12H2,1-2H3,(H,20,23)(H,21,25). The molecule has 1 aromatic carbocycles. The Labute approximate surface area is 156 Å². The molecule has 0 bridgehead atoms. The number of benzene rings is 1. The molecule has 2 heterocycles. The van der Waals surface area contributed by atoms with Gasteiger partial charge < -0.3 is 19.8 Å². The normalized spacial score (nSPS) is 19.1. The van der Waals surface area contributed by atoms with Gasteiger partial charge in [0.2, 0.25) is 5.91 Å². The van der Waals surface area contributed by atoms with Crippen molar-refractivity contribution in [3.8, 4) is 5.75 Å². The van der Waals surface area contributed by atoms with Gasteiger partial charge in [0, 0.05) is 6.54 Å². The van der Waals surface area contributed by atoms with Crippen molar-refractivity contribution in [1.29, 1.82) is 0 Å². The Hall–Kier alpha value is -3.29. The van der Waals surface area contributed by atoms with Crippen LogP contribution in [0, 0.1) is 0 Å². The van der Waals surface area contributed by atoms with Crippen molar-refractivity contribution >= 4 is 17.8 Å². The molecule has 2 aromatic rings. The van der Waals surface area contributed by atoms with Crippen molar-refractivity contribution in [1.82, 2.24) is 15.5 Å². The van der Waals surface area contributed by atoms with Crippen molar-refractivity contribution in [2.45, 2.75) is 18.9 Å². The van der Waals surface area contributed by atoms with E-state index in [1.54, 1.807) is 26.2 Å². The number of urea groups is 1. The number of nitrogens with one attached hydrogen (secondary N) is 2. The average molecular weight is 371 g/mol. The fraction of sp³-hybridized carbons (Fsp3) is 0.316. The van der Waals surface area contributed by atoms with Crippen LogP contribution in [-0.4, -0.2) is 42.9 Å². The van der Waals surface area contributed by atoms with Crippen LogP contribution in [0.5, 0.6) is 5.75 Å². The third kappa shape index (κ3) is 3.79. The first-order valence-electron chi connectivity index (χ1n) is 8.52. The van der Waals surface area contributed by atoms with E-state index in [0.717, 1.165) is 16.2 Å². The predicted octanol–water partition coefficient (Wildman–Crippen LogP) is 1.41. The zero-order chi connectivity index (χ0) is 19.4. The summed E-state index contributed by atoms with van der Waals surface area (Å²) in [6.07, 6.45) is 2.05. The molecule has 1 aliphatic heterocycles. The van der Waals surface area contributed by atoms with Crippen LogP contribution >= 0.6 is 0 Å². The van der Waals surface area contributed by atoms with Gasteiger partial charge in [-0.3, -0.25) is 14.5 Å². The minimum atomic E-state index is -1.30. The molecule has 27 heavy (non-hydrogen) atoms. The third-order valence-electron chi connectivity index (χ3n) is 4.49. The molecule has 2 N–H and O–H groups in total. The number of nitrogens with zero attached hydrogens (tertiary/aromatic N) is 1. The minimum Gasteiger partial charge on any atom is -0.497 e. The van der Waals surface area contributed by atoms with E-state index >= 15 is 0 Å². The van der Waals surface area contributed by atoms with Gasteiger partial charge in [0.15, 0.2) is 5.54 Å². The molecule has 8 nitrogen and oxygen atoms in total. The molecule has 0 spiro atoms. The van der Waals surface area contributed by atoms with E-state index in [4.69, 9.17) is 9.15 Å². The lowest BCUT2D eigenvalue weighted by Gasteiger charge is -2.18. The molecule has 8 heteroatoms. The Morgan fingerprint density at radius 2 is 2.00 bits per heavy atom. The molecule has 4 amide bonds. The van der Waals surface area contributed by atoms with Crippen LogP contribution in [0.4, 0.5) is 4.79 Å². The summed E-state index contributed by atoms with van der Waals surface area (Å²) in [5.41, 5.74) is -0.263. The number of amides is 4. The number of furan rings is 1. The SMILES string of the molecule is COc1ccc(CCNC(=O)CN2C(=O)NC(C)(c3ccco3)C2=O)cc1. The Kier molecular flexibility index (Phi) is 5.16. The number of ether oxygens (including phenoxy) is 1. The molecule has 1 atom stereocenters. The molecule has 1 aromatic heterocycles. The summed E-state index contributed by atoms with van der Waals surface area (Å²) in [6, 6.07) is 10.1. The maximum absolute atomic E-state index is 12.6. The van der Waals surface area contributed by atoms with Crippen molar-refractivity contribution in [3.63, 3.8) is 0 Å². The zero-order valence-corrected chi connectivity index (χ0v) is 15.2. The summed E-state index contributed by atoms with van der Waals surface area (Å²) in [7, 11) is 1.60. The molecule has 1 aliphatic rings. The first-order valence-corrected chi connectivity index (χ1v) is 8.52. The Balaban J connectivity index is 1.53. The monoisotopic (exact) mass is 371 g/mol. The highest BCUT2D eigenvalue weighted by atomic mass is 16.5. The molecule has 1 unspecified atom stereocenters. The average Bonchev–Trinajstić information content (AvgIpc) is 3.27. The van der Waals surface area contributed by atoms with Crippen molar-refractivity contribution in [2.75, 3.05) is 20.2 Å². The number of hydrogen-bond acceptors (Lipinski definition) is 5. The van der Waals surface area contributed by atoms with Gasteiger partial charge in [-0.2, -0.15) is 0 Å². The Morgan fingerprint density at radius 1 is 1.26 bits per heavy atom. The highest BCUT2D eigenvalue weighted by Crippen LogP contribution is 2.28. The lowest BCUT2D eigenvalue weighted by atomic mass is 9.99. The summed E-state index contributed by atoms with van der Waals surface area (Å²) in [6.45, 7) is 1.60. The Morgan fingerprint density at radius 3 is 2.63 bits per heavy atom.